The predicted molar refractivity (Wildman–Crippen MR) is 117 cm³/mol. The Hall–Kier alpha value is -3.44. The number of hydrogen-bond donors (Lipinski definition) is 2. The molecule has 162 valence electrons. The second-order valence-corrected chi connectivity index (χ2v) is 10.2. The Morgan fingerprint density at radius 1 is 0.710 bits per heavy atom. The minimum atomic E-state index is -4.11. The fourth-order valence-corrected chi connectivity index (χ4v) is 4.84. The van der Waals surface area contributed by atoms with Gasteiger partial charge in [-0.15, -0.1) is 0 Å². The number of hydrogen-bond acceptors (Lipinski definition) is 6. The molecule has 3 rings (SSSR count). The molecule has 0 amide bonds. The number of anilines is 2. The molecule has 0 aromatic heterocycles. The van der Waals surface area contributed by atoms with Gasteiger partial charge in [0.05, 0.1) is 14.7 Å². The maximum absolute atomic E-state index is 12.6. The molecule has 0 aliphatic carbocycles. The molecular formula is C20H19N3O6S2. The minimum Gasteiger partial charge on any atom is -0.280 e. The summed E-state index contributed by atoms with van der Waals surface area (Å²) < 4.78 is 54.9. The summed E-state index contributed by atoms with van der Waals surface area (Å²) in [6, 6.07) is 15.5. The van der Waals surface area contributed by atoms with E-state index in [0.717, 1.165) is 11.6 Å². The third kappa shape index (κ3) is 5.19. The van der Waals surface area contributed by atoms with Crippen LogP contribution in [-0.4, -0.2) is 21.8 Å². The summed E-state index contributed by atoms with van der Waals surface area (Å²) in [5, 5.41) is 11.1. The number of benzene rings is 3. The highest BCUT2D eigenvalue weighted by Gasteiger charge is 2.20. The highest BCUT2D eigenvalue weighted by Crippen LogP contribution is 2.25. The van der Waals surface area contributed by atoms with Crippen molar-refractivity contribution < 1.29 is 21.8 Å². The van der Waals surface area contributed by atoms with Crippen molar-refractivity contribution in [3.8, 4) is 0 Å². The fraction of sp³-hybridized carbons (Fsp3) is 0.100. The summed E-state index contributed by atoms with van der Waals surface area (Å²) in [7, 11) is -7.97. The van der Waals surface area contributed by atoms with E-state index in [9.17, 15) is 26.9 Å². The monoisotopic (exact) mass is 461 g/mol. The van der Waals surface area contributed by atoms with Gasteiger partial charge in [0.25, 0.3) is 25.7 Å². The summed E-state index contributed by atoms with van der Waals surface area (Å²) in [5.41, 5.74) is 1.51. The smallest absolute Gasteiger partial charge is 0.273 e. The van der Waals surface area contributed by atoms with Crippen LogP contribution in [0.2, 0.25) is 0 Å². The number of nitro benzene ring substituents is 1. The zero-order chi connectivity index (χ0) is 22.8. The van der Waals surface area contributed by atoms with Crippen LogP contribution in [0.3, 0.4) is 0 Å². The van der Waals surface area contributed by atoms with Gasteiger partial charge in [-0.1, -0.05) is 23.8 Å². The molecule has 9 nitrogen and oxygen atoms in total. The third-order valence-corrected chi connectivity index (χ3v) is 7.18. The predicted octanol–water partition coefficient (Wildman–Crippen LogP) is 3.81. The second kappa shape index (κ2) is 8.36. The molecule has 11 heteroatoms. The summed E-state index contributed by atoms with van der Waals surface area (Å²) in [6.07, 6.45) is 0. The van der Waals surface area contributed by atoms with Gasteiger partial charge in [-0.05, 0) is 56.3 Å². The lowest BCUT2D eigenvalue weighted by Gasteiger charge is -2.11. The molecule has 0 aliphatic rings. The largest absolute Gasteiger partial charge is 0.280 e. The van der Waals surface area contributed by atoms with Crippen LogP contribution >= 0.6 is 0 Å². The van der Waals surface area contributed by atoms with Crippen molar-refractivity contribution in [2.24, 2.45) is 0 Å². The van der Waals surface area contributed by atoms with Crippen molar-refractivity contribution in [2.75, 3.05) is 9.44 Å². The molecule has 0 unspecified atom stereocenters. The topological polar surface area (TPSA) is 135 Å². The van der Waals surface area contributed by atoms with E-state index in [1.165, 1.54) is 43.3 Å². The maximum atomic E-state index is 12.6. The molecule has 0 fully saturated rings. The Morgan fingerprint density at radius 2 is 1.16 bits per heavy atom. The highest BCUT2D eigenvalue weighted by molar-refractivity contribution is 7.93. The fourth-order valence-electron chi connectivity index (χ4n) is 2.70. The molecule has 0 heterocycles. The summed E-state index contributed by atoms with van der Waals surface area (Å²) in [4.78, 5) is 10.1. The van der Waals surface area contributed by atoms with E-state index in [2.05, 4.69) is 9.44 Å². The molecule has 0 atom stereocenters. The Kier molecular flexibility index (Phi) is 6.00. The number of rotatable bonds is 7. The minimum absolute atomic E-state index is 0.0537. The van der Waals surface area contributed by atoms with Crippen LogP contribution in [0.5, 0.6) is 0 Å². The molecule has 0 spiro atoms. The van der Waals surface area contributed by atoms with Gasteiger partial charge in [0.15, 0.2) is 0 Å². The first kappa shape index (κ1) is 22.2. The molecule has 0 radical (unpaired) electrons. The van der Waals surface area contributed by atoms with Gasteiger partial charge in [-0.3, -0.25) is 19.6 Å². The standard InChI is InChI=1S/C20H19N3O6S2/c1-14-3-6-16(7-4-14)21-30(26,27)18-11-8-17(9-12-18)22-31(28,29)19-10-5-15(2)20(13-19)23(24)25/h3-13,21-22H,1-2H3. The molecule has 2 N–H and O–H groups in total. The molecule has 3 aromatic carbocycles. The quantitative estimate of drug-likeness (QED) is 0.406. The van der Waals surface area contributed by atoms with E-state index < -0.39 is 25.0 Å². The molecule has 0 saturated heterocycles. The van der Waals surface area contributed by atoms with E-state index >= 15 is 0 Å². The van der Waals surface area contributed by atoms with Crippen molar-refractivity contribution in [2.45, 2.75) is 23.6 Å². The maximum Gasteiger partial charge on any atom is 0.273 e. The number of aryl methyl sites for hydroxylation is 2. The number of sulfonamides is 2. The van der Waals surface area contributed by atoms with Gasteiger partial charge < -0.3 is 0 Å². The average Bonchev–Trinajstić information content (AvgIpc) is 2.69. The highest BCUT2D eigenvalue weighted by atomic mass is 32.2. The van der Waals surface area contributed by atoms with Gasteiger partial charge in [0.2, 0.25) is 0 Å². The Morgan fingerprint density at radius 3 is 1.68 bits per heavy atom. The number of nitrogens with one attached hydrogen (secondary N) is 2. The van der Waals surface area contributed by atoms with E-state index in [4.69, 9.17) is 0 Å². The second-order valence-electron chi connectivity index (χ2n) is 6.81. The van der Waals surface area contributed by atoms with Crippen molar-refractivity contribution in [1.82, 2.24) is 0 Å². The van der Waals surface area contributed by atoms with Crippen molar-refractivity contribution in [1.29, 1.82) is 0 Å². The van der Waals surface area contributed by atoms with Crippen LogP contribution in [0.4, 0.5) is 17.1 Å². The first-order chi connectivity index (χ1) is 14.5. The van der Waals surface area contributed by atoms with Crippen LogP contribution in [0.15, 0.2) is 76.5 Å². The van der Waals surface area contributed by atoms with Crippen molar-refractivity contribution in [3.05, 3.63) is 88.0 Å². The molecule has 0 aliphatic heterocycles. The summed E-state index contributed by atoms with van der Waals surface area (Å²) in [5.74, 6) is 0. The lowest BCUT2D eigenvalue weighted by Crippen LogP contribution is -2.15. The van der Waals surface area contributed by atoms with E-state index in [1.54, 1.807) is 24.3 Å². The Balaban J connectivity index is 1.80. The third-order valence-electron chi connectivity index (χ3n) is 4.41. The molecule has 3 aromatic rings. The van der Waals surface area contributed by atoms with Gasteiger partial charge in [-0.2, -0.15) is 0 Å². The zero-order valence-electron chi connectivity index (χ0n) is 16.6. The summed E-state index contributed by atoms with van der Waals surface area (Å²) >= 11 is 0. The van der Waals surface area contributed by atoms with Crippen molar-refractivity contribution in [3.63, 3.8) is 0 Å². The van der Waals surface area contributed by atoms with Gasteiger partial charge in [0, 0.05) is 23.0 Å². The SMILES string of the molecule is Cc1ccc(NS(=O)(=O)c2ccc(NS(=O)(=O)c3ccc(C)c([N+](=O)[O-])c3)cc2)cc1. The Bertz CT molecular complexity index is 1330. The zero-order valence-corrected chi connectivity index (χ0v) is 18.2. The molecule has 0 saturated carbocycles. The number of nitrogens with zero attached hydrogens (tertiary/aromatic N) is 1. The van der Waals surface area contributed by atoms with Crippen LogP contribution in [0.1, 0.15) is 11.1 Å². The normalized spacial score (nSPS) is 11.7. The summed E-state index contributed by atoms with van der Waals surface area (Å²) in [6.45, 7) is 3.39. The lowest BCUT2D eigenvalue weighted by atomic mass is 10.2. The Labute approximate surface area is 180 Å². The van der Waals surface area contributed by atoms with Crippen LogP contribution < -0.4 is 9.44 Å². The van der Waals surface area contributed by atoms with Gasteiger partial charge in [0.1, 0.15) is 0 Å². The van der Waals surface area contributed by atoms with E-state index in [1.807, 2.05) is 6.92 Å². The van der Waals surface area contributed by atoms with Gasteiger partial charge in [-0.25, -0.2) is 16.8 Å². The van der Waals surface area contributed by atoms with Crippen molar-refractivity contribution >= 4 is 37.1 Å². The van der Waals surface area contributed by atoms with Crippen LogP contribution in [0.25, 0.3) is 0 Å². The average molecular weight is 462 g/mol. The van der Waals surface area contributed by atoms with Crippen LogP contribution in [-0.2, 0) is 20.0 Å². The molecule has 0 bridgehead atoms. The first-order valence-electron chi connectivity index (χ1n) is 8.95. The van der Waals surface area contributed by atoms with E-state index in [-0.39, 0.29) is 21.2 Å². The lowest BCUT2D eigenvalue weighted by molar-refractivity contribution is -0.385. The first-order valence-corrected chi connectivity index (χ1v) is 11.9. The molecular weight excluding hydrogens is 442 g/mol. The number of nitro groups is 1. The molecule has 31 heavy (non-hydrogen) atoms. The van der Waals surface area contributed by atoms with Crippen LogP contribution in [0, 0.1) is 24.0 Å². The van der Waals surface area contributed by atoms with E-state index in [0.29, 0.717) is 11.3 Å². The van der Waals surface area contributed by atoms with Gasteiger partial charge >= 0.3 is 0 Å².